The minimum Gasteiger partial charge on any atom is -0.497 e. The fourth-order valence-corrected chi connectivity index (χ4v) is 2.14. The van der Waals surface area contributed by atoms with E-state index in [-0.39, 0.29) is 6.61 Å². The second kappa shape index (κ2) is 9.81. The summed E-state index contributed by atoms with van der Waals surface area (Å²) in [6.45, 7) is 1.48. The van der Waals surface area contributed by atoms with Crippen molar-refractivity contribution in [1.29, 1.82) is 0 Å². The first kappa shape index (κ1) is 20.6. The van der Waals surface area contributed by atoms with E-state index in [2.05, 4.69) is 10.7 Å². The summed E-state index contributed by atoms with van der Waals surface area (Å²) in [7, 11) is 2.99. The fourth-order valence-electron chi connectivity index (χ4n) is 2.14. The van der Waals surface area contributed by atoms with E-state index >= 15 is 0 Å². The predicted molar refractivity (Wildman–Crippen MR) is 101 cm³/mol. The topological polar surface area (TPSA) is 115 Å². The smallest absolute Gasteiger partial charge is 0.328 e. The van der Waals surface area contributed by atoms with Crippen molar-refractivity contribution < 1.29 is 28.6 Å². The zero-order chi connectivity index (χ0) is 20.5. The minimum atomic E-state index is -1.04. The van der Waals surface area contributed by atoms with E-state index in [0.29, 0.717) is 22.9 Å². The van der Waals surface area contributed by atoms with E-state index < -0.39 is 17.7 Å². The molecule has 3 amide bonds. The van der Waals surface area contributed by atoms with Crippen molar-refractivity contribution in [3.8, 4) is 17.2 Å². The molecule has 0 aliphatic heterocycles. The maximum Gasteiger partial charge on any atom is 0.328 e. The number of ether oxygens (including phenoxy) is 3. The molecule has 0 heterocycles. The van der Waals surface area contributed by atoms with Crippen LogP contribution < -0.4 is 30.4 Å². The number of carbonyl (C=O) groups excluding carboxylic acids is 3. The van der Waals surface area contributed by atoms with Crippen molar-refractivity contribution in [2.75, 3.05) is 26.1 Å². The molecule has 0 atom stereocenters. The maximum absolute atomic E-state index is 12.0. The average molecular weight is 387 g/mol. The highest BCUT2D eigenvalue weighted by Crippen LogP contribution is 2.25. The van der Waals surface area contributed by atoms with Gasteiger partial charge in [0.2, 0.25) is 0 Å². The predicted octanol–water partition coefficient (Wildman–Crippen LogP) is 1.18. The van der Waals surface area contributed by atoms with Crippen LogP contribution in [0.2, 0.25) is 0 Å². The van der Waals surface area contributed by atoms with Gasteiger partial charge in [0.05, 0.1) is 19.9 Å². The van der Waals surface area contributed by atoms with Gasteiger partial charge in [0.25, 0.3) is 5.91 Å². The molecule has 2 aromatic carbocycles. The molecule has 0 unspecified atom stereocenters. The summed E-state index contributed by atoms with van der Waals surface area (Å²) in [6, 6.07) is 11.8. The molecular weight excluding hydrogens is 366 g/mol. The molecular formula is C19H21N3O6. The molecule has 0 saturated carbocycles. The lowest BCUT2D eigenvalue weighted by Gasteiger charge is -2.12. The minimum absolute atomic E-state index is 0.344. The van der Waals surface area contributed by atoms with Crippen molar-refractivity contribution in [2.45, 2.75) is 6.92 Å². The van der Waals surface area contributed by atoms with E-state index in [1.807, 2.05) is 12.3 Å². The first-order valence-corrected chi connectivity index (χ1v) is 8.24. The molecule has 0 aliphatic carbocycles. The third-order valence-electron chi connectivity index (χ3n) is 3.55. The van der Waals surface area contributed by atoms with Gasteiger partial charge < -0.3 is 19.5 Å². The Kier molecular flexibility index (Phi) is 7.21. The highest BCUT2D eigenvalue weighted by molar-refractivity contribution is 6.39. The van der Waals surface area contributed by atoms with Crippen LogP contribution in [0.15, 0.2) is 42.5 Å². The largest absolute Gasteiger partial charge is 0.497 e. The summed E-state index contributed by atoms with van der Waals surface area (Å²) >= 11 is 0. The summed E-state index contributed by atoms with van der Waals surface area (Å²) in [5, 5.41) is 2.42. The first-order valence-electron chi connectivity index (χ1n) is 8.24. The lowest BCUT2D eigenvalue weighted by Crippen LogP contribution is -2.48. The molecule has 0 spiro atoms. The van der Waals surface area contributed by atoms with E-state index in [4.69, 9.17) is 14.2 Å². The molecule has 2 aromatic rings. The van der Waals surface area contributed by atoms with Crippen LogP contribution in [0.5, 0.6) is 17.2 Å². The number of benzene rings is 2. The number of nitrogens with one attached hydrogen (secondary N) is 3. The van der Waals surface area contributed by atoms with E-state index in [9.17, 15) is 14.4 Å². The standard InChI is InChI=1S/C19H21N3O6/c1-12-4-9-16(27-3)15(10-12)20-18(24)19(25)22-21-17(23)11-28-14-7-5-13(26-2)6-8-14/h4-10H,11H2,1-3H3,(H,20,24)(H,21,23)(H,22,25). The molecule has 9 heteroatoms. The number of hydrogen-bond donors (Lipinski definition) is 3. The highest BCUT2D eigenvalue weighted by Gasteiger charge is 2.17. The average Bonchev–Trinajstić information content (AvgIpc) is 2.70. The number of hydrogen-bond acceptors (Lipinski definition) is 6. The fraction of sp³-hybridized carbons (Fsp3) is 0.211. The monoisotopic (exact) mass is 387 g/mol. The van der Waals surface area contributed by atoms with Gasteiger partial charge in [-0.1, -0.05) is 6.07 Å². The Morgan fingerprint density at radius 3 is 2.18 bits per heavy atom. The van der Waals surface area contributed by atoms with Gasteiger partial charge in [0.1, 0.15) is 17.2 Å². The Morgan fingerprint density at radius 2 is 1.54 bits per heavy atom. The van der Waals surface area contributed by atoms with Gasteiger partial charge in [0, 0.05) is 0 Å². The zero-order valence-electron chi connectivity index (χ0n) is 15.7. The van der Waals surface area contributed by atoms with Crippen LogP contribution in [0.3, 0.4) is 0 Å². The van der Waals surface area contributed by atoms with E-state index in [1.165, 1.54) is 14.2 Å². The van der Waals surface area contributed by atoms with Crippen molar-refractivity contribution in [3.05, 3.63) is 48.0 Å². The first-order chi connectivity index (χ1) is 13.4. The number of amides is 3. The van der Waals surface area contributed by atoms with E-state index in [1.54, 1.807) is 42.5 Å². The molecule has 0 bridgehead atoms. The molecule has 0 aromatic heterocycles. The second-order valence-electron chi connectivity index (χ2n) is 5.62. The van der Waals surface area contributed by atoms with Gasteiger partial charge in [-0.3, -0.25) is 25.2 Å². The van der Waals surface area contributed by atoms with Gasteiger partial charge in [-0.15, -0.1) is 0 Å². The summed E-state index contributed by atoms with van der Waals surface area (Å²) in [6.07, 6.45) is 0. The number of hydrazine groups is 1. The van der Waals surface area contributed by atoms with Crippen molar-refractivity contribution in [3.63, 3.8) is 0 Å². The molecule has 0 saturated heterocycles. The van der Waals surface area contributed by atoms with Crippen molar-refractivity contribution >= 4 is 23.4 Å². The third kappa shape index (κ3) is 5.90. The summed E-state index contributed by atoms with van der Waals surface area (Å²) < 4.78 is 15.4. The summed E-state index contributed by atoms with van der Waals surface area (Å²) in [5.41, 5.74) is 5.34. The second-order valence-corrected chi connectivity index (χ2v) is 5.62. The van der Waals surface area contributed by atoms with Gasteiger partial charge >= 0.3 is 11.8 Å². The molecule has 3 N–H and O–H groups in total. The van der Waals surface area contributed by atoms with Crippen LogP contribution in [0.1, 0.15) is 5.56 Å². The summed E-state index contributed by atoms with van der Waals surface area (Å²) in [4.78, 5) is 35.6. The molecule has 9 nitrogen and oxygen atoms in total. The van der Waals surface area contributed by atoms with Gasteiger partial charge in [-0.2, -0.15) is 0 Å². The molecule has 0 aliphatic rings. The number of methoxy groups -OCH3 is 2. The van der Waals surface area contributed by atoms with E-state index in [0.717, 1.165) is 5.56 Å². The molecule has 2 rings (SSSR count). The Balaban J connectivity index is 1.79. The van der Waals surface area contributed by atoms with Crippen LogP contribution in [-0.2, 0) is 14.4 Å². The maximum atomic E-state index is 12.0. The molecule has 0 radical (unpaired) electrons. The van der Waals surface area contributed by atoms with Crippen molar-refractivity contribution in [1.82, 2.24) is 10.9 Å². The van der Waals surface area contributed by atoms with Gasteiger partial charge in [-0.25, -0.2) is 0 Å². The quantitative estimate of drug-likeness (QED) is 0.506. The Bertz CT molecular complexity index is 851. The molecule has 148 valence electrons. The lowest BCUT2D eigenvalue weighted by atomic mass is 10.2. The van der Waals surface area contributed by atoms with Crippen LogP contribution in [0.25, 0.3) is 0 Å². The lowest BCUT2D eigenvalue weighted by molar-refractivity contribution is -0.138. The number of anilines is 1. The van der Waals surface area contributed by atoms with Gasteiger partial charge in [-0.05, 0) is 48.9 Å². The van der Waals surface area contributed by atoms with Crippen molar-refractivity contribution in [2.24, 2.45) is 0 Å². The molecule has 28 heavy (non-hydrogen) atoms. The number of rotatable bonds is 6. The summed E-state index contributed by atoms with van der Waals surface area (Å²) in [5.74, 6) is -1.12. The SMILES string of the molecule is COc1ccc(OCC(=O)NNC(=O)C(=O)Nc2cc(C)ccc2OC)cc1. The number of aryl methyl sites for hydroxylation is 1. The van der Waals surface area contributed by atoms with Crippen LogP contribution in [0.4, 0.5) is 5.69 Å². The number of carbonyl (C=O) groups is 3. The Morgan fingerprint density at radius 1 is 0.857 bits per heavy atom. The normalized spacial score (nSPS) is 9.82. The third-order valence-corrected chi connectivity index (χ3v) is 3.55. The van der Waals surface area contributed by atoms with Gasteiger partial charge in [0.15, 0.2) is 6.61 Å². The van der Waals surface area contributed by atoms with Crippen LogP contribution in [0, 0.1) is 6.92 Å². The molecule has 0 fully saturated rings. The van der Waals surface area contributed by atoms with Crippen LogP contribution in [-0.4, -0.2) is 38.5 Å². The Labute approximate surface area is 161 Å². The van der Waals surface area contributed by atoms with Crippen LogP contribution >= 0.6 is 0 Å². The zero-order valence-corrected chi connectivity index (χ0v) is 15.7. The Hall–Kier alpha value is -3.75. The highest BCUT2D eigenvalue weighted by atomic mass is 16.5.